The predicted octanol–water partition coefficient (Wildman–Crippen LogP) is 6.31. The number of para-hydroxylation sites is 1. The molecule has 2 heterocycles. The minimum absolute atomic E-state index is 0.147. The number of thioether (sulfide) groups is 1. The molecule has 4 aromatic rings. The molecule has 43 heavy (non-hydrogen) atoms. The van der Waals surface area contributed by atoms with Crippen molar-refractivity contribution in [2.24, 2.45) is 4.99 Å². The van der Waals surface area contributed by atoms with Crippen LogP contribution in [0.4, 0.5) is 28.0 Å². The quantitative estimate of drug-likeness (QED) is 0.246. The van der Waals surface area contributed by atoms with Gasteiger partial charge in [0.25, 0.3) is 0 Å². The van der Waals surface area contributed by atoms with Gasteiger partial charge in [0, 0.05) is 5.56 Å². The number of amides is 3. The van der Waals surface area contributed by atoms with Crippen molar-refractivity contribution < 1.29 is 31.9 Å². The topological polar surface area (TPSA) is 102 Å². The first kappa shape index (κ1) is 29.8. The van der Waals surface area contributed by atoms with E-state index in [-0.39, 0.29) is 29.1 Å². The number of urea groups is 1. The van der Waals surface area contributed by atoms with Crippen LogP contribution in [-0.2, 0) is 4.79 Å². The standard InChI is InChI=1S/C29H24F4N6O3S/c1-17-4-3-5-18(2)25(17)39-24(40)15-43-28(39)36-27(41)34-14-23(30)19-6-8-20(9-7-19)26-35-16-38(37-26)21-10-12-22(13-11-21)42-29(31,32)33/h3-13,16,23H,14-15H2,1-2H3,(H,34,41). The molecule has 9 nitrogen and oxygen atoms in total. The molecule has 14 heteroatoms. The highest BCUT2D eigenvalue weighted by atomic mass is 32.2. The Balaban J connectivity index is 1.20. The molecule has 0 bridgehead atoms. The van der Waals surface area contributed by atoms with Crippen LogP contribution in [0.2, 0.25) is 0 Å². The van der Waals surface area contributed by atoms with Crippen LogP contribution in [0, 0.1) is 13.8 Å². The lowest BCUT2D eigenvalue weighted by atomic mass is 10.1. The number of amidine groups is 1. The number of hydrogen-bond donors (Lipinski definition) is 1. The number of nitrogens with one attached hydrogen (secondary N) is 1. The number of carbonyl (C=O) groups excluding carboxylic acids is 2. The highest BCUT2D eigenvalue weighted by molar-refractivity contribution is 8.15. The molecule has 0 spiro atoms. The second-order valence-corrected chi connectivity index (χ2v) is 10.4. The molecule has 1 aromatic heterocycles. The van der Waals surface area contributed by atoms with Crippen molar-refractivity contribution in [3.8, 4) is 22.8 Å². The first-order valence-corrected chi connectivity index (χ1v) is 13.9. The lowest BCUT2D eigenvalue weighted by molar-refractivity contribution is -0.274. The third kappa shape index (κ3) is 7.02. The maximum atomic E-state index is 15.0. The van der Waals surface area contributed by atoms with Gasteiger partial charge in [-0.2, -0.15) is 4.99 Å². The summed E-state index contributed by atoms with van der Waals surface area (Å²) in [5.41, 5.74) is 3.76. The number of halogens is 4. The van der Waals surface area contributed by atoms with E-state index in [0.717, 1.165) is 22.9 Å². The fourth-order valence-electron chi connectivity index (χ4n) is 4.41. The van der Waals surface area contributed by atoms with Crippen LogP contribution in [0.3, 0.4) is 0 Å². The highest BCUT2D eigenvalue weighted by Crippen LogP contribution is 2.32. The monoisotopic (exact) mass is 612 g/mol. The number of alkyl halides is 4. The summed E-state index contributed by atoms with van der Waals surface area (Å²) in [5, 5.41) is 7.02. The predicted molar refractivity (Wildman–Crippen MR) is 154 cm³/mol. The summed E-state index contributed by atoms with van der Waals surface area (Å²) in [4.78, 5) is 34.8. The average molecular weight is 613 g/mol. The number of aryl methyl sites for hydroxylation is 2. The number of benzene rings is 3. The smallest absolute Gasteiger partial charge is 0.406 e. The summed E-state index contributed by atoms with van der Waals surface area (Å²) in [6.45, 7) is 3.41. The van der Waals surface area contributed by atoms with Crippen molar-refractivity contribution in [1.29, 1.82) is 0 Å². The van der Waals surface area contributed by atoms with Gasteiger partial charge in [-0.1, -0.05) is 54.2 Å². The summed E-state index contributed by atoms with van der Waals surface area (Å²) >= 11 is 1.14. The zero-order valence-electron chi connectivity index (χ0n) is 22.8. The largest absolute Gasteiger partial charge is 0.573 e. The molecular weight excluding hydrogens is 588 g/mol. The minimum atomic E-state index is -4.79. The highest BCUT2D eigenvalue weighted by Gasteiger charge is 2.33. The molecule has 3 amide bonds. The zero-order chi connectivity index (χ0) is 30.7. The molecule has 1 fully saturated rings. The first-order valence-electron chi connectivity index (χ1n) is 12.9. The van der Waals surface area contributed by atoms with Crippen molar-refractivity contribution in [2.75, 3.05) is 17.2 Å². The van der Waals surface area contributed by atoms with E-state index in [2.05, 4.69) is 25.1 Å². The fraction of sp³-hybridized carbons (Fsp3) is 0.207. The summed E-state index contributed by atoms with van der Waals surface area (Å²) in [6, 6.07) is 16.3. The molecule has 1 saturated heterocycles. The van der Waals surface area contributed by atoms with E-state index >= 15 is 0 Å². The SMILES string of the molecule is Cc1cccc(C)c1N1C(=O)CSC1=NC(=O)NCC(F)c1ccc(-c2ncn(-c3ccc(OC(F)(F)F)cc3)n2)cc1. The number of ether oxygens (including phenoxy) is 1. The van der Waals surface area contributed by atoms with Gasteiger partial charge in [-0.05, 0) is 54.8 Å². The number of hydrogen-bond acceptors (Lipinski definition) is 6. The molecule has 222 valence electrons. The normalized spacial score (nSPS) is 15.2. The average Bonchev–Trinajstić information content (AvgIpc) is 3.59. The summed E-state index contributed by atoms with van der Waals surface area (Å²) in [7, 11) is 0. The van der Waals surface area contributed by atoms with Gasteiger partial charge in [0.05, 0.1) is 23.7 Å². The lowest BCUT2D eigenvalue weighted by Crippen LogP contribution is -2.33. The van der Waals surface area contributed by atoms with E-state index in [1.165, 1.54) is 52.3 Å². The Labute approximate surface area is 247 Å². The molecule has 1 N–H and O–H groups in total. The number of anilines is 1. The summed E-state index contributed by atoms with van der Waals surface area (Å²) < 4.78 is 57.4. The third-order valence-electron chi connectivity index (χ3n) is 6.42. The van der Waals surface area contributed by atoms with Crippen molar-refractivity contribution in [3.63, 3.8) is 0 Å². The molecule has 5 rings (SSSR count). The Morgan fingerprint density at radius 1 is 1.07 bits per heavy atom. The van der Waals surface area contributed by atoms with Crippen LogP contribution in [-0.4, -0.2) is 50.5 Å². The van der Waals surface area contributed by atoms with E-state index in [4.69, 9.17) is 0 Å². The van der Waals surface area contributed by atoms with Gasteiger partial charge in [-0.3, -0.25) is 9.69 Å². The van der Waals surface area contributed by atoms with Crippen molar-refractivity contribution in [3.05, 3.63) is 89.7 Å². The van der Waals surface area contributed by atoms with Gasteiger partial charge in [-0.25, -0.2) is 18.9 Å². The summed E-state index contributed by atoms with van der Waals surface area (Å²) in [6.07, 6.45) is -4.92. The molecule has 1 aliphatic heterocycles. The molecule has 0 aliphatic carbocycles. The van der Waals surface area contributed by atoms with Gasteiger partial charge in [0.15, 0.2) is 11.0 Å². The van der Waals surface area contributed by atoms with E-state index in [0.29, 0.717) is 28.3 Å². The maximum absolute atomic E-state index is 15.0. The second-order valence-electron chi connectivity index (χ2n) is 9.48. The van der Waals surface area contributed by atoms with Crippen molar-refractivity contribution >= 4 is 34.6 Å². The fourth-order valence-corrected chi connectivity index (χ4v) is 5.26. The Morgan fingerprint density at radius 3 is 2.40 bits per heavy atom. The first-order chi connectivity index (χ1) is 20.5. The number of rotatable bonds is 7. The van der Waals surface area contributed by atoms with Crippen LogP contribution in [0.25, 0.3) is 17.1 Å². The molecule has 0 radical (unpaired) electrons. The van der Waals surface area contributed by atoms with E-state index in [9.17, 15) is 27.2 Å². The van der Waals surface area contributed by atoms with Crippen LogP contribution in [0.15, 0.2) is 78.0 Å². The van der Waals surface area contributed by atoms with Gasteiger partial charge < -0.3 is 10.1 Å². The van der Waals surface area contributed by atoms with Gasteiger partial charge >= 0.3 is 12.4 Å². The number of aromatic nitrogens is 3. The van der Waals surface area contributed by atoms with Gasteiger partial charge in [0.2, 0.25) is 5.91 Å². The molecule has 0 saturated carbocycles. The van der Waals surface area contributed by atoms with E-state index in [1.54, 1.807) is 12.1 Å². The maximum Gasteiger partial charge on any atom is 0.573 e. The van der Waals surface area contributed by atoms with Crippen LogP contribution >= 0.6 is 11.8 Å². The molecule has 1 unspecified atom stereocenters. The van der Waals surface area contributed by atoms with Crippen molar-refractivity contribution in [2.45, 2.75) is 26.4 Å². The Bertz CT molecular complexity index is 1650. The van der Waals surface area contributed by atoms with Gasteiger partial charge in [0.1, 0.15) is 18.2 Å². The van der Waals surface area contributed by atoms with E-state index < -0.39 is 18.6 Å². The van der Waals surface area contributed by atoms with E-state index in [1.807, 2.05) is 32.0 Å². The number of aliphatic imine (C=N–C) groups is 1. The summed E-state index contributed by atoms with van der Waals surface area (Å²) in [5.74, 6) is -0.0822. The van der Waals surface area contributed by atoms with Crippen LogP contribution in [0.5, 0.6) is 5.75 Å². The molecule has 1 atom stereocenters. The van der Waals surface area contributed by atoms with Crippen molar-refractivity contribution in [1.82, 2.24) is 20.1 Å². The lowest BCUT2D eigenvalue weighted by Gasteiger charge is -2.20. The number of carbonyl (C=O) groups is 2. The Morgan fingerprint density at radius 2 is 1.74 bits per heavy atom. The Kier molecular flexibility index (Phi) is 8.48. The number of nitrogens with zero attached hydrogens (tertiary/aromatic N) is 5. The molecular formula is C29H24F4N6O3S. The molecule has 3 aromatic carbocycles. The van der Waals surface area contributed by atoms with Crippen LogP contribution in [0.1, 0.15) is 22.9 Å². The minimum Gasteiger partial charge on any atom is -0.406 e. The Hall–Kier alpha value is -4.72. The van der Waals surface area contributed by atoms with Gasteiger partial charge in [-0.15, -0.1) is 18.3 Å². The zero-order valence-corrected chi connectivity index (χ0v) is 23.6. The van der Waals surface area contributed by atoms with Crippen LogP contribution < -0.4 is 15.0 Å². The molecule has 1 aliphatic rings. The third-order valence-corrected chi connectivity index (χ3v) is 7.34. The second kappa shape index (κ2) is 12.3.